The topological polar surface area (TPSA) is 56.5 Å². The third-order valence-electron chi connectivity index (χ3n) is 4.14. The van der Waals surface area contributed by atoms with E-state index in [1.54, 1.807) is 17.0 Å². The van der Waals surface area contributed by atoms with Crippen LogP contribution < -0.4 is 4.90 Å². The Kier molecular flexibility index (Phi) is 5.05. The molecule has 0 spiro atoms. The number of thioether (sulfide) groups is 1. The summed E-state index contributed by atoms with van der Waals surface area (Å²) in [4.78, 5) is 20.0. The molecule has 0 N–H and O–H groups in total. The standard InChI is InChI=1S/C23H15N3OS/c24-16-18-13-11-17(12-14-18)15-21-22(27)26(20-9-5-2-6-10-20)23(28-21)25-19-7-3-1-4-8-19/h1-15H/b21-15-,25-23-. The van der Waals surface area contributed by atoms with Crippen LogP contribution in [0.1, 0.15) is 11.1 Å². The molecule has 0 radical (unpaired) electrons. The van der Waals surface area contributed by atoms with Crippen LogP contribution in [-0.4, -0.2) is 11.1 Å². The van der Waals surface area contributed by atoms with Gasteiger partial charge in [0, 0.05) is 0 Å². The smallest absolute Gasteiger partial charge is 0.268 e. The summed E-state index contributed by atoms with van der Waals surface area (Å²) in [5.41, 5.74) is 3.02. The molecule has 1 aliphatic rings. The highest BCUT2D eigenvalue weighted by Gasteiger charge is 2.34. The minimum atomic E-state index is -0.116. The van der Waals surface area contributed by atoms with E-state index < -0.39 is 0 Å². The van der Waals surface area contributed by atoms with E-state index in [9.17, 15) is 4.79 Å². The highest BCUT2D eigenvalue weighted by Crippen LogP contribution is 2.37. The van der Waals surface area contributed by atoms with Gasteiger partial charge in [-0.25, -0.2) is 4.99 Å². The van der Waals surface area contributed by atoms with E-state index in [4.69, 9.17) is 5.26 Å². The molecule has 3 aromatic carbocycles. The first kappa shape index (κ1) is 17.8. The first-order chi connectivity index (χ1) is 13.7. The normalized spacial score (nSPS) is 16.5. The average molecular weight is 381 g/mol. The molecule has 4 rings (SSSR count). The van der Waals surface area contributed by atoms with Gasteiger partial charge >= 0.3 is 0 Å². The van der Waals surface area contributed by atoms with E-state index in [0.29, 0.717) is 15.6 Å². The van der Waals surface area contributed by atoms with Crippen molar-refractivity contribution >= 4 is 40.3 Å². The number of amides is 1. The fourth-order valence-corrected chi connectivity index (χ4v) is 3.77. The Hall–Kier alpha value is -3.62. The summed E-state index contributed by atoms with van der Waals surface area (Å²) in [6, 6.07) is 28.3. The zero-order valence-electron chi connectivity index (χ0n) is 14.8. The van der Waals surface area contributed by atoms with E-state index in [1.165, 1.54) is 11.8 Å². The van der Waals surface area contributed by atoms with Crippen molar-refractivity contribution in [1.29, 1.82) is 5.26 Å². The number of para-hydroxylation sites is 2. The van der Waals surface area contributed by atoms with Gasteiger partial charge < -0.3 is 0 Å². The first-order valence-electron chi connectivity index (χ1n) is 8.67. The van der Waals surface area contributed by atoms with Crippen molar-refractivity contribution in [3.8, 4) is 6.07 Å². The van der Waals surface area contributed by atoms with Crippen molar-refractivity contribution in [2.24, 2.45) is 4.99 Å². The Morgan fingerprint density at radius 2 is 1.54 bits per heavy atom. The average Bonchev–Trinajstić information content (AvgIpc) is 3.04. The van der Waals surface area contributed by atoms with Gasteiger partial charge in [-0.1, -0.05) is 48.5 Å². The third-order valence-corrected chi connectivity index (χ3v) is 5.11. The van der Waals surface area contributed by atoms with Gasteiger partial charge in [-0.2, -0.15) is 5.26 Å². The number of rotatable bonds is 3. The maximum absolute atomic E-state index is 13.1. The van der Waals surface area contributed by atoms with Crippen molar-refractivity contribution in [3.05, 3.63) is 101 Å². The van der Waals surface area contributed by atoms with Crippen molar-refractivity contribution < 1.29 is 4.79 Å². The molecule has 0 unspecified atom stereocenters. The zero-order chi connectivity index (χ0) is 19.3. The van der Waals surface area contributed by atoms with Crippen molar-refractivity contribution in [2.45, 2.75) is 0 Å². The van der Waals surface area contributed by atoms with Crippen LogP contribution in [0.5, 0.6) is 0 Å². The molecule has 4 nitrogen and oxygen atoms in total. The minimum Gasteiger partial charge on any atom is -0.268 e. The fourth-order valence-electron chi connectivity index (χ4n) is 2.77. The Bertz CT molecular complexity index is 1100. The van der Waals surface area contributed by atoms with Crippen LogP contribution in [0.4, 0.5) is 11.4 Å². The number of carbonyl (C=O) groups excluding carboxylic acids is 1. The Labute approximate surface area is 167 Å². The van der Waals surface area contributed by atoms with E-state index in [2.05, 4.69) is 11.1 Å². The second kappa shape index (κ2) is 7.95. The van der Waals surface area contributed by atoms with Crippen LogP contribution in [0.25, 0.3) is 6.08 Å². The quantitative estimate of drug-likeness (QED) is 0.573. The summed E-state index contributed by atoms with van der Waals surface area (Å²) in [6.45, 7) is 0. The minimum absolute atomic E-state index is 0.116. The van der Waals surface area contributed by atoms with Crippen LogP contribution in [0, 0.1) is 11.3 Å². The van der Waals surface area contributed by atoms with Crippen LogP contribution in [0.3, 0.4) is 0 Å². The maximum atomic E-state index is 13.1. The molecule has 1 heterocycles. The largest absolute Gasteiger partial charge is 0.271 e. The number of anilines is 1. The van der Waals surface area contributed by atoms with Crippen LogP contribution >= 0.6 is 11.8 Å². The molecule has 1 fully saturated rings. The molecule has 134 valence electrons. The molecular formula is C23H15N3OS. The molecule has 1 saturated heterocycles. The number of nitrogens with zero attached hydrogens (tertiary/aromatic N) is 3. The van der Waals surface area contributed by atoms with Gasteiger partial charge in [0.05, 0.1) is 27.9 Å². The lowest BCUT2D eigenvalue weighted by Crippen LogP contribution is -2.28. The molecule has 3 aromatic rings. The van der Waals surface area contributed by atoms with Gasteiger partial charge in [-0.15, -0.1) is 0 Å². The van der Waals surface area contributed by atoms with Gasteiger partial charge in [0.1, 0.15) is 0 Å². The Balaban J connectivity index is 1.74. The molecule has 5 heteroatoms. The van der Waals surface area contributed by atoms with Crippen LogP contribution in [0.2, 0.25) is 0 Å². The zero-order valence-corrected chi connectivity index (χ0v) is 15.6. The predicted molar refractivity (Wildman–Crippen MR) is 114 cm³/mol. The van der Waals surface area contributed by atoms with E-state index in [-0.39, 0.29) is 5.91 Å². The first-order valence-corrected chi connectivity index (χ1v) is 9.49. The summed E-state index contributed by atoms with van der Waals surface area (Å²) in [5, 5.41) is 9.56. The second-order valence-corrected chi connectivity index (χ2v) is 7.06. The molecule has 0 bridgehead atoms. The number of amidine groups is 1. The summed E-state index contributed by atoms with van der Waals surface area (Å²) >= 11 is 1.34. The third kappa shape index (κ3) is 3.73. The van der Waals surface area contributed by atoms with E-state index in [0.717, 1.165) is 16.9 Å². The van der Waals surface area contributed by atoms with Crippen molar-refractivity contribution in [3.63, 3.8) is 0 Å². The monoisotopic (exact) mass is 381 g/mol. The van der Waals surface area contributed by atoms with Gasteiger partial charge in [0.25, 0.3) is 5.91 Å². The number of aliphatic imine (C=N–C) groups is 1. The Morgan fingerprint density at radius 3 is 2.18 bits per heavy atom. The van der Waals surface area contributed by atoms with Gasteiger partial charge in [-0.05, 0) is 59.8 Å². The number of nitriles is 1. The second-order valence-electron chi connectivity index (χ2n) is 6.05. The molecule has 0 aliphatic carbocycles. The molecule has 0 saturated carbocycles. The maximum Gasteiger partial charge on any atom is 0.271 e. The van der Waals surface area contributed by atoms with Crippen molar-refractivity contribution in [2.75, 3.05) is 4.90 Å². The molecule has 1 amide bonds. The fraction of sp³-hybridized carbons (Fsp3) is 0. The highest BCUT2D eigenvalue weighted by molar-refractivity contribution is 8.19. The highest BCUT2D eigenvalue weighted by atomic mass is 32.2. The predicted octanol–water partition coefficient (Wildman–Crippen LogP) is 5.37. The molecule has 28 heavy (non-hydrogen) atoms. The molecular weight excluding hydrogens is 366 g/mol. The molecule has 1 aliphatic heterocycles. The lowest BCUT2D eigenvalue weighted by atomic mass is 10.1. The van der Waals surface area contributed by atoms with Crippen LogP contribution in [0.15, 0.2) is 94.8 Å². The lowest BCUT2D eigenvalue weighted by Gasteiger charge is -2.15. The Morgan fingerprint density at radius 1 is 0.893 bits per heavy atom. The number of hydrogen-bond donors (Lipinski definition) is 0. The van der Waals surface area contributed by atoms with Gasteiger partial charge in [-0.3, -0.25) is 9.69 Å². The molecule has 0 aromatic heterocycles. The summed E-state index contributed by atoms with van der Waals surface area (Å²) in [5.74, 6) is -0.116. The van der Waals surface area contributed by atoms with E-state index >= 15 is 0 Å². The number of benzene rings is 3. The number of hydrogen-bond acceptors (Lipinski definition) is 4. The number of carbonyl (C=O) groups is 1. The summed E-state index contributed by atoms with van der Waals surface area (Å²) in [6.07, 6.45) is 1.83. The summed E-state index contributed by atoms with van der Waals surface area (Å²) < 4.78 is 0. The SMILES string of the molecule is N#Cc1ccc(/C=C2\S/C(=N\c3ccccc3)N(c3ccccc3)C2=O)cc1. The summed E-state index contributed by atoms with van der Waals surface area (Å²) in [7, 11) is 0. The van der Waals surface area contributed by atoms with E-state index in [1.807, 2.05) is 78.9 Å². The lowest BCUT2D eigenvalue weighted by molar-refractivity contribution is -0.113. The van der Waals surface area contributed by atoms with Gasteiger partial charge in [0.2, 0.25) is 0 Å². The molecule has 0 atom stereocenters. The van der Waals surface area contributed by atoms with Gasteiger partial charge in [0.15, 0.2) is 5.17 Å². The van der Waals surface area contributed by atoms with Crippen molar-refractivity contribution in [1.82, 2.24) is 0 Å². The van der Waals surface area contributed by atoms with Crippen LogP contribution in [-0.2, 0) is 4.79 Å².